The molecule has 0 unspecified atom stereocenters. The minimum Gasteiger partial charge on any atom is -0.478 e. The molecule has 0 aromatic heterocycles. The smallest absolute Gasteiger partial charge is 0.335 e. The zero-order valence-corrected chi connectivity index (χ0v) is 11.2. The maximum atomic E-state index is 11.8. The first-order chi connectivity index (χ1) is 9.43. The lowest BCUT2D eigenvalue weighted by Crippen LogP contribution is -2.20. The van der Waals surface area contributed by atoms with Gasteiger partial charge in [0.1, 0.15) is 11.6 Å². The third-order valence-corrected chi connectivity index (χ3v) is 2.29. The fraction of sp³-hybridized carbons (Fsp3) is 0.214. The zero-order chi connectivity index (χ0) is 15.1. The van der Waals surface area contributed by atoms with E-state index >= 15 is 0 Å². The topological polar surface area (TPSA) is 102 Å². The van der Waals surface area contributed by atoms with Crippen LogP contribution in [-0.4, -0.2) is 23.0 Å². The van der Waals surface area contributed by atoms with E-state index in [0.29, 0.717) is 5.69 Å². The Morgan fingerprint density at radius 1 is 1.40 bits per heavy atom. The average Bonchev–Trinajstić information content (AvgIpc) is 2.39. The van der Waals surface area contributed by atoms with Crippen LogP contribution in [0.2, 0.25) is 0 Å². The summed E-state index contributed by atoms with van der Waals surface area (Å²) in [7, 11) is 0. The van der Waals surface area contributed by atoms with Crippen molar-refractivity contribution in [2.45, 2.75) is 19.9 Å². The Kier molecular flexibility index (Phi) is 5.30. The van der Waals surface area contributed by atoms with Crippen molar-refractivity contribution in [3.8, 4) is 6.07 Å². The number of benzene rings is 1. The summed E-state index contributed by atoms with van der Waals surface area (Å²) in [5.74, 6) is -1.68. The number of nitrogens with one attached hydrogen (secondary N) is 2. The van der Waals surface area contributed by atoms with Crippen LogP contribution in [0.25, 0.3) is 0 Å². The maximum absolute atomic E-state index is 11.8. The zero-order valence-electron chi connectivity index (χ0n) is 11.2. The van der Waals surface area contributed by atoms with Gasteiger partial charge in [0.25, 0.3) is 5.91 Å². The molecule has 0 saturated carbocycles. The van der Waals surface area contributed by atoms with Gasteiger partial charge < -0.3 is 15.7 Å². The number of amides is 1. The van der Waals surface area contributed by atoms with E-state index in [4.69, 9.17) is 10.4 Å². The van der Waals surface area contributed by atoms with Crippen LogP contribution in [0.5, 0.6) is 0 Å². The van der Waals surface area contributed by atoms with Gasteiger partial charge in [-0.25, -0.2) is 4.79 Å². The number of anilines is 1. The molecule has 1 aromatic rings. The number of aromatic carboxylic acids is 1. The minimum absolute atomic E-state index is 0.0607. The molecule has 0 heterocycles. The molecule has 0 fully saturated rings. The minimum atomic E-state index is -1.08. The van der Waals surface area contributed by atoms with E-state index in [9.17, 15) is 9.59 Å². The standard InChI is InChI=1S/C14H15N3O3/c1-9(2)16-8-11(7-15)13(18)17-12-5-3-4-10(6-12)14(19)20/h3-6,8-9,16H,1-2H3,(H,17,18)(H,19,20)/b11-8-. The van der Waals surface area contributed by atoms with Crippen LogP contribution < -0.4 is 10.6 Å². The Morgan fingerprint density at radius 2 is 2.10 bits per heavy atom. The second kappa shape index (κ2) is 6.95. The number of nitrogens with zero attached hydrogens (tertiary/aromatic N) is 1. The third-order valence-electron chi connectivity index (χ3n) is 2.29. The van der Waals surface area contributed by atoms with Crippen molar-refractivity contribution < 1.29 is 14.7 Å². The number of rotatable bonds is 5. The van der Waals surface area contributed by atoms with Gasteiger partial charge in [-0.2, -0.15) is 5.26 Å². The SMILES string of the molecule is CC(C)N/C=C(/C#N)C(=O)Nc1cccc(C(=O)O)c1. The summed E-state index contributed by atoms with van der Waals surface area (Å²) in [6, 6.07) is 7.69. The number of carbonyl (C=O) groups excluding carboxylic acids is 1. The summed E-state index contributed by atoms with van der Waals surface area (Å²) in [5.41, 5.74) is 0.297. The summed E-state index contributed by atoms with van der Waals surface area (Å²) in [6.07, 6.45) is 1.33. The van der Waals surface area contributed by atoms with E-state index in [1.807, 2.05) is 13.8 Å². The molecule has 0 aliphatic carbocycles. The van der Waals surface area contributed by atoms with Crippen LogP contribution in [0.3, 0.4) is 0 Å². The lowest BCUT2D eigenvalue weighted by Gasteiger charge is -2.07. The van der Waals surface area contributed by atoms with Crippen LogP contribution >= 0.6 is 0 Å². The Bertz CT molecular complexity index is 586. The number of hydrogen-bond donors (Lipinski definition) is 3. The lowest BCUT2D eigenvalue weighted by molar-refractivity contribution is -0.112. The molecule has 1 rings (SSSR count). The highest BCUT2D eigenvalue weighted by molar-refractivity contribution is 6.06. The number of carboxylic acids is 1. The molecule has 20 heavy (non-hydrogen) atoms. The van der Waals surface area contributed by atoms with Crippen molar-refractivity contribution >= 4 is 17.6 Å². The van der Waals surface area contributed by atoms with Crippen molar-refractivity contribution in [3.05, 3.63) is 41.6 Å². The van der Waals surface area contributed by atoms with Gasteiger partial charge in [-0.05, 0) is 32.0 Å². The van der Waals surface area contributed by atoms with E-state index in [-0.39, 0.29) is 17.2 Å². The van der Waals surface area contributed by atoms with E-state index in [0.717, 1.165) is 0 Å². The van der Waals surface area contributed by atoms with Crippen molar-refractivity contribution in [2.75, 3.05) is 5.32 Å². The number of carboxylic acid groups (broad SMARTS) is 1. The Hall–Kier alpha value is -2.81. The average molecular weight is 273 g/mol. The summed E-state index contributed by atoms with van der Waals surface area (Å²) < 4.78 is 0. The van der Waals surface area contributed by atoms with Gasteiger partial charge in [-0.3, -0.25) is 4.79 Å². The largest absolute Gasteiger partial charge is 0.478 e. The number of carbonyl (C=O) groups is 2. The summed E-state index contributed by atoms with van der Waals surface area (Å²) in [4.78, 5) is 22.7. The van der Waals surface area contributed by atoms with E-state index in [1.165, 1.54) is 24.4 Å². The first-order valence-electron chi connectivity index (χ1n) is 5.95. The molecule has 0 aliphatic heterocycles. The monoisotopic (exact) mass is 273 g/mol. The first-order valence-corrected chi connectivity index (χ1v) is 5.95. The fourth-order valence-corrected chi connectivity index (χ4v) is 1.33. The normalized spacial score (nSPS) is 10.8. The molecule has 104 valence electrons. The van der Waals surface area contributed by atoms with E-state index in [2.05, 4.69) is 10.6 Å². The highest BCUT2D eigenvalue weighted by Gasteiger charge is 2.10. The first kappa shape index (κ1) is 15.2. The highest BCUT2D eigenvalue weighted by Crippen LogP contribution is 2.11. The maximum Gasteiger partial charge on any atom is 0.335 e. The molecule has 6 heteroatoms. The molecular weight excluding hydrogens is 258 g/mol. The van der Waals surface area contributed by atoms with Crippen molar-refractivity contribution in [1.29, 1.82) is 5.26 Å². The van der Waals surface area contributed by atoms with Gasteiger partial charge in [0.2, 0.25) is 0 Å². The molecule has 0 bridgehead atoms. The summed E-state index contributed by atoms with van der Waals surface area (Å²) >= 11 is 0. The van der Waals surface area contributed by atoms with Crippen molar-refractivity contribution in [3.63, 3.8) is 0 Å². The van der Waals surface area contributed by atoms with E-state index in [1.54, 1.807) is 12.1 Å². The van der Waals surface area contributed by atoms with Gasteiger partial charge in [-0.15, -0.1) is 0 Å². The van der Waals surface area contributed by atoms with Gasteiger partial charge >= 0.3 is 5.97 Å². The molecule has 0 aliphatic rings. The van der Waals surface area contributed by atoms with Crippen LogP contribution in [0.15, 0.2) is 36.0 Å². The predicted octanol–water partition coefficient (Wildman–Crippen LogP) is 1.73. The molecule has 1 aromatic carbocycles. The van der Waals surface area contributed by atoms with Crippen LogP contribution in [-0.2, 0) is 4.79 Å². The number of hydrogen-bond acceptors (Lipinski definition) is 4. The molecule has 0 atom stereocenters. The Balaban J connectivity index is 2.84. The second-order valence-corrected chi connectivity index (χ2v) is 4.33. The molecule has 1 amide bonds. The van der Waals surface area contributed by atoms with Crippen molar-refractivity contribution in [2.24, 2.45) is 0 Å². The fourth-order valence-electron chi connectivity index (χ4n) is 1.33. The third kappa shape index (κ3) is 4.46. The quantitative estimate of drug-likeness (QED) is 0.560. The van der Waals surface area contributed by atoms with Crippen LogP contribution in [0.4, 0.5) is 5.69 Å². The molecule has 6 nitrogen and oxygen atoms in total. The second-order valence-electron chi connectivity index (χ2n) is 4.33. The summed E-state index contributed by atoms with van der Waals surface area (Å²) in [5, 5.41) is 23.1. The Morgan fingerprint density at radius 3 is 2.65 bits per heavy atom. The van der Waals surface area contributed by atoms with Crippen LogP contribution in [0, 0.1) is 11.3 Å². The van der Waals surface area contributed by atoms with Gasteiger partial charge in [-0.1, -0.05) is 6.07 Å². The molecule has 0 spiro atoms. The van der Waals surface area contributed by atoms with Gasteiger partial charge in [0.05, 0.1) is 5.56 Å². The van der Waals surface area contributed by atoms with Gasteiger partial charge in [0, 0.05) is 17.9 Å². The number of nitriles is 1. The summed E-state index contributed by atoms with van der Waals surface area (Å²) in [6.45, 7) is 3.75. The highest BCUT2D eigenvalue weighted by atomic mass is 16.4. The van der Waals surface area contributed by atoms with E-state index < -0.39 is 11.9 Å². The Labute approximate surface area is 116 Å². The van der Waals surface area contributed by atoms with Gasteiger partial charge in [0.15, 0.2) is 0 Å². The lowest BCUT2D eigenvalue weighted by atomic mass is 10.2. The molecule has 3 N–H and O–H groups in total. The van der Waals surface area contributed by atoms with Crippen LogP contribution in [0.1, 0.15) is 24.2 Å². The molecular formula is C14H15N3O3. The van der Waals surface area contributed by atoms with Crippen molar-refractivity contribution in [1.82, 2.24) is 5.32 Å². The molecule has 0 radical (unpaired) electrons. The predicted molar refractivity (Wildman–Crippen MR) is 74.0 cm³/mol. The molecule has 0 saturated heterocycles.